The highest BCUT2D eigenvalue weighted by Gasteiger charge is 2.20. The monoisotopic (exact) mass is 369 g/mol. The molecule has 0 aliphatic carbocycles. The summed E-state index contributed by atoms with van der Waals surface area (Å²) < 4.78 is 1.17. The zero-order chi connectivity index (χ0) is 13.2. The predicted octanol–water partition coefficient (Wildman–Crippen LogP) is 2.00. The van der Waals surface area contributed by atoms with Gasteiger partial charge in [-0.2, -0.15) is 4.98 Å². The van der Waals surface area contributed by atoms with Crippen molar-refractivity contribution in [3.05, 3.63) is 27.8 Å². The lowest BCUT2D eigenvalue weighted by atomic mass is 10.1. The average molecular weight is 369 g/mol. The lowest BCUT2D eigenvalue weighted by Crippen LogP contribution is -2.40. The third-order valence-corrected chi connectivity index (χ3v) is 4.37. The summed E-state index contributed by atoms with van der Waals surface area (Å²) in [4.78, 5) is 6.80. The maximum Gasteiger partial charge on any atom is 0.245 e. The van der Waals surface area contributed by atoms with Crippen molar-refractivity contribution >= 4 is 28.5 Å². The number of benzene rings is 1. The van der Waals surface area contributed by atoms with Crippen molar-refractivity contribution in [2.45, 2.75) is 18.9 Å². The number of rotatable bonds is 2. The van der Waals surface area contributed by atoms with Crippen LogP contribution in [0.4, 0.5) is 5.95 Å². The summed E-state index contributed by atoms with van der Waals surface area (Å²) in [5.74, 6) is 1.61. The second-order valence-electron chi connectivity index (χ2n) is 4.79. The molecule has 0 bridgehead atoms. The van der Waals surface area contributed by atoms with Crippen molar-refractivity contribution in [3.8, 4) is 11.4 Å². The van der Waals surface area contributed by atoms with E-state index in [1.165, 1.54) is 3.57 Å². The van der Waals surface area contributed by atoms with Crippen molar-refractivity contribution in [2.75, 3.05) is 18.0 Å². The first-order valence-corrected chi connectivity index (χ1v) is 7.50. The SMILES string of the molecule is NC1CCN(c2n[nH]c(-c3ccccc3I)n2)CC1. The lowest BCUT2D eigenvalue weighted by molar-refractivity contribution is 0.496. The number of H-pyrrole nitrogens is 1. The van der Waals surface area contributed by atoms with Gasteiger partial charge in [-0.15, -0.1) is 5.10 Å². The molecule has 1 aliphatic rings. The Morgan fingerprint density at radius 2 is 2.00 bits per heavy atom. The van der Waals surface area contributed by atoms with Gasteiger partial charge in [0, 0.05) is 28.3 Å². The second-order valence-corrected chi connectivity index (χ2v) is 5.95. The highest BCUT2D eigenvalue weighted by Crippen LogP contribution is 2.24. The zero-order valence-electron chi connectivity index (χ0n) is 10.5. The number of aromatic amines is 1. The van der Waals surface area contributed by atoms with Gasteiger partial charge >= 0.3 is 0 Å². The minimum atomic E-state index is 0.324. The number of piperidine rings is 1. The van der Waals surface area contributed by atoms with E-state index < -0.39 is 0 Å². The van der Waals surface area contributed by atoms with E-state index >= 15 is 0 Å². The Hall–Kier alpha value is -1.15. The minimum absolute atomic E-state index is 0.324. The summed E-state index contributed by atoms with van der Waals surface area (Å²) >= 11 is 2.31. The Morgan fingerprint density at radius 3 is 2.74 bits per heavy atom. The van der Waals surface area contributed by atoms with Crippen LogP contribution in [0.25, 0.3) is 11.4 Å². The topological polar surface area (TPSA) is 70.8 Å². The molecule has 3 N–H and O–H groups in total. The molecule has 1 aliphatic heterocycles. The Kier molecular flexibility index (Phi) is 3.69. The van der Waals surface area contributed by atoms with E-state index in [4.69, 9.17) is 5.73 Å². The van der Waals surface area contributed by atoms with E-state index in [1.54, 1.807) is 0 Å². The smallest absolute Gasteiger partial charge is 0.245 e. The van der Waals surface area contributed by atoms with Gasteiger partial charge in [0.25, 0.3) is 0 Å². The van der Waals surface area contributed by atoms with Gasteiger partial charge in [-0.1, -0.05) is 18.2 Å². The molecule has 2 heterocycles. The fourth-order valence-electron chi connectivity index (χ4n) is 2.27. The van der Waals surface area contributed by atoms with Crippen molar-refractivity contribution < 1.29 is 0 Å². The molecule has 1 fully saturated rings. The molecule has 100 valence electrons. The van der Waals surface area contributed by atoms with Crippen LogP contribution in [0, 0.1) is 3.57 Å². The molecule has 1 saturated heterocycles. The number of hydrogen-bond acceptors (Lipinski definition) is 4. The zero-order valence-corrected chi connectivity index (χ0v) is 12.7. The van der Waals surface area contributed by atoms with Crippen LogP contribution in [-0.4, -0.2) is 34.3 Å². The summed E-state index contributed by atoms with van der Waals surface area (Å²) in [7, 11) is 0. The molecule has 2 aromatic rings. The molecular formula is C13H16IN5. The molecule has 3 rings (SSSR count). The van der Waals surface area contributed by atoms with Gasteiger partial charge in [-0.25, -0.2) is 0 Å². The first-order chi connectivity index (χ1) is 9.24. The molecule has 0 amide bonds. The molecule has 5 nitrogen and oxygen atoms in total. The van der Waals surface area contributed by atoms with Crippen molar-refractivity contribution in [3.63, 3.8) is 0 Å². The van der Waals surface area contributed by atoms with Gasteiger partial charge in [-0.05, 0) is 41.5 Å². The average Bonchev–Trinajstić information content (AvgIpc) is 2.89. The van der Waals surface area contributed by atoms with Crippen LogP contribution in [0.2, 0.25) is 0 Å². The predicted molar refractivity (Wildman–Crippen MR) is 84.0 cm³/mol. The number of nitrogens with one attached hydrogen (secondary N) is 1. The summed E-state index contributed by atoms with van der Waals surface area (Å²) in [6, 6.07) is 8.48. The molecule has 0 atom stereocenters. The molecule has 0 radical (unpaired) electrons. The normalized spacial score (nSPS) is 16.8. The number of anilines is 1. The van der Waals surface area contributed by atoms with Crippen LogP contribution >= 0.6 is 22.6 Å². The Bertz CT molecular complexity index is 560. The maximum atomic E-state index is 5.91. The van der Waals surface area contributed by atoms with Crippen molar-refractivity contribution in [1.82, 2.24) is 15.2 Å². The molecule has 1 aromatic heterocycles. The van der Waals surface area contributed by atoms with E-state index in [-0.39, 0.29) is 0 Å². The number of nitrogens with two attached hydrogens (primary N) is 1. The van der Waals surface area contributed by atoms with Crippen LogP contribution in [-0.2, 0) is 0 Å². The van der Waals surface area contributed by atoms with E-state index in [9.17, 15) is 0 Å². The van der Waals surface area contributed by atoms with E-state index in [1.807, 2.05) is 12.1 Å². The van der Waals surface area contributed by atoms with Crippen molar-refractivity contribution in [2.24, 2.45) is 5.73 Å². The standard InChI is InChI=1S/C13H16IN5/c14-11-4-2-1-3-10(11)12-16-13(18-17-12)19-7-5-9(15)6-8-19/h1-4,9H,5-8,15H2,(H,16,17,18). The Labute approximate surface area is 125 Å². The highest BCUT2D eigenvalue weighted by atomic mass is 127. The molecule has 0 unspecified atom stereocenters. The Morgan fingerprint density at radius 1 is 1.26 bits per heavy atom. The molecule has 1 aromatic carbocycles. The number of hydrogen-bond donors (Lipinski definition) is 2. The second kappa shape index (κ2) is 5.46. The van der Waals surface area contributed by atoms with Crippen LogP contribution in [0.5, 0.6) is 0 Å². The Balaban J connectivity index is 1.82. The first kappa shape index (κ1) is 12.9. The molecule has 6 heteroatoms. The molecule has 19 heavy (non-hydrogen) atoms. The molecule has 0 saturated carbocycles. The van der Waals surface area contributed by atoms with E-state index in [0.29, 0.717) is 6.04 Å². The lowest BCUT2D eigenvalue weighted by Gasteiger charge is -2.28. The van der Waals surface area contributed by atoms with Gasteiger partial charge in [-0.3, -0.25) is 5.10 Å². The third-order valence-electron chi connectivity index (χ3n) is 3.43. The van der Waals surface area contributed by atoms with Crippen LogP contribution in [0.15, 0.2) is 24.3 Å². The first-order valence-electron chi connectivity index (χ1n) is 6.42. The summed E-state index contributed by atoms with van der Waals surface area (Å²) in [6.45, 7) is 1.87. The third kappa shape index (κ3) is 2.74. The van der Waals surface area contributed by atoms with Gasteiger partial charge in [0.05, 0.1) is 0 Å². The quantitative estimate of drug-likeness (QED) is 0.795. The molecular weight excluding hydrogens is 353 g/mol. The fourth-order valence-corrected chi connectivity index (χ4v) is 2.91. The van der Waals surface area contributed by atoms with Crippen LogP contribution in [0.1, 0.15) is 12.8 Å². The largest absolute Gasteiger partial charge is 0.339 e. The minimum Gasteiger partial charge on any atom is -0.339 e. The summed E-state index contributed by atoms with van der Waals surface area (Å²) in [5, 5.41) is 7.36. The summed E-state index contributed by atoms with van der Waals surface area (Å²) in [6.07, 6.45) is 2.01. The van der Waals surface area contributed by atoms with E-state index in [2.05, 4.69) is 54.8 Å². The highest BCUT2D eigenvalue weighted by molar-refractivity contribution is 14.1. The van der Waals surface area contributed by atoms with Crippen LogP contribution < -0.4 is 10.6 Å². The number of aromatic nitrogens is 3. The van der Waals surface area contributed by atoms with Crippen LogP contribution in [0.3, 0.4) is 0 Å². The van der Waals surface area contributed by atoms with Gasteiger partial charge in [0.1, 0.15) is 0 Å². The fraction of sp³-hybridized carbons (Fsp3) is 0.385. The van der Waals surface area contributed by atoms with Gasteiger partial charge in [0.2, 0.25) is 5.95 Å². The van der Waals surface area contributed by atoms with Gasteiger partial charge < -0.3 is 10.6 Å². The van der Waals surface area contributed by atoms with Crippen molar-refractivity contribution in [1.29, 1.82) is 0 Å². The number of halogens is 1. The summed E-state index contributed by atoms with van der Waals surface area (Å²) in [5.41, 5.74) is 7.01. The number of nitrogens with zero attached hydrogens (tertiary/aromatic N) is 3. The van der Waals surface area contributed by atoms with E-state index in [0.717, 1.165) is 43.3 Å². The maximum absolute atomic E-state index is 5.91. The van der Waals surface area contributed by atoms with Gasteiger partial charge in [0.15, 0.2) is 5.82 Å². The molecule has 0 spiro atoms.